The van der Waals surface area contributed by atoms with Gasteiger partial charge < -0.3 is 0 Å². The second kappa shape index (κ2) is 9.94. The summed E-state index contributed by atoms with van der Waals surface area (Å²) in [5, 5.41) is 0. The Hall–Kier alpha value is -1.38. The normalized spacial score (nSPS) is 15.9. The summed E-state index contributed by atoms with van der Waals surface area (Å²) in [5.74, 6) is -60.2. The molecular formula is C18H20F16. The van der Waals surface area contributed by atoms with E-state index in [1.807, 2.05) is 0 Å². The number of rotatable bonds is 14. The van der Waals surface area contributed by atoms with E-state index in [1.165, 1.54) is 19.1 Å². The Balaban J connectivity index is 6.38. The molecule has 0 N–H and O–H groups in total. The van der Waals surface area contributed by atoms with Crippen LogP contribution in [0.25, 0.3) is 0 Å². The van der Waals surface area contributed by atoms with E-state index in [0.717, 1.165) is 0 Å². The first-order chi connectivity index (χ1) is 14.9. The average Bonchev–Trinajstić information content (AvgIpc) is 2.66. The van der Waals surface area contributed by atoms with Gasteiger partial charge in [-0.2, -0.15) is 70.2 Å². The van der Waals surface area contributed by atoms with Crippen LogP contribution in [0.4, 0.5) is 70.2 Å². The second-order valence-electron chi connectivity index (χ2n) is 7.42. The van der Waals surface area contributed by atoms with Crippen LogP contribution in [0.5, 0.6) is 0 Å². The summed E-state index contributed by atoms with van der Waals surface area (Å²) in [6.07, 6.45) is -4.61. The van der Waals surface area contributed by atoms with Crippen molar-refractivity contribution in [1.82, 2.24) is 0 Å². The van der Waals surface area contributed by atoms with Crippen LogP contribution < -0.4 is 0 Å². The third kappa shape index (κ3) is 4.96. The third-order valence-corrected chi connectivity index (χ3v) is 4.80. The molecule has 0 atom stereocenters. The van der Waals surface area contributed by atoms with Crippen LogP contribution in [-0.4, -0.2) is 47.4 Å². The maximum atomic E-state index is 13.7. The fourth-order valence-electron chi connectivity index (χ4n) is 2.65. The van der Waals surface area contributed by atoms with E-state index in [1.54, 1.807) is 0 Å². The predicted molar refractivity (Wildman–Crippen MR) is 87.8 cm³/mol. The van der Waals surface area contributed by atoms with Crippen molar-refractivity contribution in [2.75, 3.05) is 0 Å². The van der Waals surface area contributed by atoms with Gasteiger partial charge in [-0.1, -0.05) is 25.5 Å². The van der Waals surface area contributed by atoms with Crippen molar-refractivity contribution in [3.8, 4) is 0 Å². The van der Waals surface area contributed by atoms with Crippen molar-refractivity contribution in [2.24, 2.45) is 0 Å². The molecule has 16 heteroatoms. The summed E-state index contributed by atoms with van der Waals surface area (Å²) in [7, 11) is 0. The first-order valence-electron chi connectivity index (χ1n) is 9.51. The molecule has 0 nitrogen and oxygen atoms in total. The Morgan fingerprint density at radius 1 is 0.471 bits per heavy atom. The van der Waals surface area contributed by atoms with Crippen molar-refractivity contribution < 1.29 is 70.2 Å². The van der Waals surface area contributed by atoms with Gasteiger partial charge in [-0.3, -0.25) is 0 Å². The lowest BCUT2D eigenvalue weighted by atomic mass is 9.86. The highest BCUT2D eigenvalue weighted by atomic mass is 19.4. The fourth-order valence-corrected chi connectivity index (χ4v) is 2.65. The monoisotopic (exact) mass is 540 g/mol. The number of allylic oxidation sites excluding steroid dienone is 2. The summed E-state index contributed by atoms with van der Waals surface area (Å²) in [6, 6.07) is 0. The topological polar surface area (TPSA) is 0 Å². The molecule has 0 rings (SSSR count). The Kier molecular flexibility index (Phi) is 9.53. The molecule has 0 heterocycles. The molecule has 0 aliphatic rings. The zero-order valence-electron chi connectivity index (χ0n) is 17.4. The van der Waals surface area contributed by atoms with Crippen LogP contribution >= 0.6 is 0 Å². The molecule has 0 radical (unpaired) electrons. The van der Waals surface area contributed by atoms with Crippen LogP contribution in [0.3, 0.4) is 0 Å². The van der Waals surface area contributed by atoms with E-state index in [-0.39, 0.29) is 6.42 Å². The van der Waals surface area contributed by atoms with E-state index in [4.69, 9.17) is 0 Å². The average molecular weight is 540 g/mol. The molecule has 0 saturated carbocycles. The van der Waals surface area contributed by atoms with Crippen molar-refractivity contribution in [3.05, 3.63) is 12.2 Å². The van der Waals surface area contributed by atoms with Gasteiger partial charge >= 0.3 is 47.4 Å². The number of halogens is 16. The highest BCUT2D eigenvalue weighted by Gasteiger charge is 2.94. The summed E-state index contributed by atoms with van der Waals surface area (Å²) >= 11 is 0. The van der Waals surface area contributed by atoms with Crippen molar-refractivity contribution in [2.45, 2.75) is 99.8 Å². The molecule has 0 aromatic carbocycles. The van der Waals surface area contributed by atoms with Crippen LogP contribution in [0, 0.1) is 0 Å². The molecule has 0 aliphatic heterocycles. The van der Waals surface area contributed by atoms with Crippen LogP contribution in [0.2, 0.25) is 0 Å². The first-order valence-corrected chi connectivity index (χ1v) is 9.51. The van der Waals surface area contributed by atoms with Gasteiger partial charge in [0.05, 0.1) is 0 Å². The van der Waals surface area contributed by atoms with Gasteiger partial charge in [0.15, 0.2) is 0 Å². The minimum absolute atomic E-state index is 0.0734. The Morgan fingerprint density at radius 3 is 1.12 bits per heavy atom. The minimum atomic E-state index is -8.34. The van der Waals surface area contributed by atoms with Gasteiger partial charge in [0.25, 0.3) is 0 Å². The van der Waals surface area contributed by atoms with Crippen molar-refractivity contribution in [3.63, 3.8) is 0 Å². The Labute approximate surface area is 183 Å². The molecule has 0 bridgehead atoms. The molecule has 0 aromatic heterocycles. The van der Waals surface area contributed by atoms with E-state index >= 15 is 0 Å². The molecule has 0 saturated heterocycles. The molecule has 0 amide bonds. The van der Waals surface area contributed by atoms with Gasteiger partial charge in [0, 0.05) is 12.8 Å². The largest absolute Gasteiger partial charge is 0.384 e. The molecule has 0 fully saturated rings. The Morgan fingerprint density at radius 2 is 0.794 bits per heavy atom. The highest BCUT2D eigenvalue weighted by molar-refractivity contribution is 5.15. The van der Waals surface area contributed by atoms with Gasteiger partial charge in [-0.05, 0) is 26.2 Å². The number of alkyl halides is 16. The lowest BCUT2D eigenvalue weighted by Crippen LogP contribution is -2.74. The van der Waals surface area contributed by atoms with Gasteiger partial charge in [-0.15, -0.1) is 0 Å². The summed E-state index contributed by atoms with van der Waals surface area (Å²) in [6.45, 7) is 2.09. The maximum Gasteiger partial charge on any atom is 0.384 e. The molecule has 34 heavy (non-hydrogen) atoms. The second-order valence-corrected chi connectivity index (χ2v) is 7.42. The summed E-state index contributed by atoms with van der Waals surface area (Å²) in [5.41, 5.74) is 0. The van der Waals surface area contributed by atoms with E-state index < -0.39 is 79.5 Å². The lowest BCUT2D eigenvalue weighted by Gasteiger charge is -2.43. The summed E-state index contributed by atoms with van der Waals surface area (Å²) < 4.78 is 218. The molecule has 0 aromatic rings. The smallest absolute Gasteiger partial charge is 0.200 e. The number of hydrogen-bond donors (Lipinski definition) is 0. The first kappa shape index (κ1) is 32.6. The minimum Gasteiger partial charge on any atom is -0.200 e. The highest BCUT2D eigenvalue weighted by Crippen LogP contribution is 2.64. The van der Waals surface area contributed by atoms with Gasteiger partial charge in [0.1, 0.15) is 0 Å². The zero-order valence-corrected chi connectivity index (χ0v) is 17.4. The fraction of sp³-hybridized carbons (Fsp3) is 0.889. The molecular weight excluding hydrogens is 520 g/mol. The number of hydrogen-bond acceptors (Lipinski definition) is 0. The van der Waals surface area contributed by atoms with E-state index in [9.17, 15) is 70.2 Å². The lowest BCUT2D eigenvalue weighted by molar-refractivity contribution is -0.453. The predicted octanol–water partition coefficient (Wildman–Crippen LogP) is 9.01. The standard InChI is InChI=1S/C18H20F16/c1-3-5-6-7-8-10-12(21,22)14(25,26)16(29,30)18(33,34)17(31,32)15(27,28)13(23,24)11(19,20)9-4-2/h3,5H,4,6-10H2,1-2H3/b5-3+. The number of unbranched alkanes of at least 4 members (excludes halogenated alkanes) is 2. The van der Waals surface area contributed by atoms with Gasteiger partial charge in [-0.25, -0.2) is 0 Å². The molecule has 0 unspecified atom stereocenters. The van der Waals surface area contributed by atoms with Crippen molar-refractivity contribution in [1.29, 1.82) is 0 Å². The zero-order chi connectivity index (χ0) is 27.7. The van der Waals surface area contributed by atoms with Gasteiger partial charge in [0.2, 0.25) is 0 Å². The third-order valence-electron chi connectivity index (χ3n) is 4.80. The summed E-state index contributed by atoms with van der Waals surface area (Å²) in [4.78, 5) is 0. The molecule has 0 aliphatic carbocycles. The van der Waals surface area contributed by atoms with E-state index in [2.05, 4.69) is 0 Å². The van der Waals surface area contributed by atoms with Crippen LogP contribution in [-0.2, 0) is 0 Å². The van der Waals surface area contributed by atoms with E-state index in [0.29, 0.717) is 6.92 Å². The SMILES string of the molecule is C/C=C/CCCCC(F)(F)C(F)(F)C(F)(F)C(F)(F)C(F)(F)C(F)(F)C(F)(F)C(F)(F)CCC. The van der Waals surface area contributed by atoms with Crippen molar-refractivity contribution >= 4 is 0 Å². The molecule has 0 spiro atoms. The van der Waals surface area contributed by atoms with Crippen LogP contribution in [0.15, 0.2) is 12.2 Å². The van der Waals surface area contributed by atoms with Crippen LogP contribution in [0.1, 0.15) is 52.4 Å². The molecule has 204 valence electrons. The quantitative estimate of drug-likeness (QED) is 0.117. The Bertz CT molecular complexity index is 692. The maximum absolute atomic E-state index is 13.7.